The van der Waals surface area contributed by atoms with Crippen LogP contribution in [0.1, 0.15) is 26.3 Å². The van der Waals surface area contributed by atoms with Crippen LogP contribution >= 0.6 is 34.4 Å². The number of hydrogen-bond donors (Lipinski definition) is 1. The highest BCUT2D eigenvalue weighted by molar-refractivity contribution is 14.1. The number of ether oxygens (including phenoxy) is 2. The van der Waals surface area contributed by atoms with Crippen LogP contribution < -0.4 is 5.32 Å². The van der Waals surface area contributed by atoms with Crippen molar-refractivity contribution in [1.82, 2.24) is 5.32 Å². The molecular formula is C18H22INO4S. The minimum Gasteiger partial charge on any atom is -0.451 e. The third-order valence-electron chi connectivity index (χ3n) is 2.72. The van der Waals surface area contributed by atoms with Gasteiger partial charge in [-0.3, -0.25) is 0 Å². The Hall–Kier alpha value is -1.40. The summed E-state index contributed by atoms with van der Waals surface area (Å²) in [4.78, 5) is 24.1. The summed E-state index contributed by atoms with van der Waals surface area (Å²) >= 11 is 3.40. The van der Waals surface area contributed by atoms with Gasteiger partial charge in [-0.15, -0.1) is 0 Å². The van der Waals surface area contributed by atoms with E-state index in [9.17, 15) is 9.59 Å². The lowest BCUT2D eigenvalue weighted by Gasteiger charge is -2.22. The molecule has 0 saturated carbocycles. The first-order chi connectivity index (χ1) is 11.8. The third kappa shape index (κ3) is 10.2. The van der Waals surface area contributed by atoms with Gasteiger partial charge < -0.3 is 14.8 Å². The fraction of sp³-hybridized carbons (Fsp3) is 0.444. The number of thioether (sulfide) groups is 1. The molecule has 0 heterocycles. The van der Waals surface area contributed by atoms with Gasteiger partial charge in [0.05, 0.1) is 0 Å². The number of hydrogen-bond acceptors (Lipinski definition) is 5. The second kappa shape index (κ2) is 11.3. The Morgan fingerprint density at radius 2 is 1.96 bits per heavy atom. The molecule has 0 aliphatic heterocycles. The second-order valence-corrected chi connectivity index (χ2v) is 7.65. The Balaban J connectivity index is 2.60. The Bertz CT molecular complexity index is 619. The number of amides is 1. The number of benzene rings is 1. The topological polar surface area (TPSA) is 64.6 Å². The molecule has 1 atom stereocenters. The SMILES string of the molecule is CC(C)(C)OC(=O)N[C@@H](CSCc1ccccc1)C(=O)OCC#CI. The number of nitrogens with one attached hydrogen (secondary N) is 1. The highest BCUT2D eigenvalue weighted by atomic mass is 127. The molecule has 1 amide bonds. The molecule has 7 heteroatoms. The van der Waals surface area contributed by atoms with Crippen LogP contribution in [0.25, 0.3) is 0 Å². The lowest BCUT2D eigenvalue weighted by Crippen LogP contribution is -2.45. The average Bonchev–Trinajstić information content (AvgIpc) is 2.53. The molecule has 1 N–H and O–H groups in total. The van der Waals surface area contributed by atoms with E-state index in [1.165, 1.54) is 11.8 Å². The van der Waals surface area contributed by atoms with Gasteiger partial charge in [-0.25, -0.2) is 9.59 Å². The number of rotatable bonds is 7. The summed E-state index contributed by atoms with van der Waals surface area (Å²) in [6.45, 7) is 5.29. The van der Waals surface area contributed by atoms with Crippen molar-refractivity contribution < 1.29 is 19.1 Å². The van der Waals surface area contributed by atoms with Gasteiger partial charge in [0.1, 0.15) is 11.6 Å². The number of alkyl carbamates (subject to hydrolysis) is 1. The molecule has 0 aliphatic rings. The maximum Gasteiger partial charge on any atom is 0.408 e. The molecule has 1 rings (SSSR count). The van der Waals surface area contributed by atoms with Crippen molar-refractivity contribution >= 4 is 46.4 Å². The number of esters is 1. The van der Waals surface area contributed by atoms with Gasteiger partial charge in [0.2, 0.25) is 0 Å². The molecule has 0 unspecified atom stereocenters. The predicted molar refractivity (Wildman–Crippen MR) is 109 cm³/mol. The fourth-order valence-corrected chi connectivity index (χ4v) is 2.88. The standard InChI is InChI=1S/C18H22INO4S/c1-18(2,3)24-17(22)20-15(16(21)23-11-7-10-19)13-25-12-14-8-5-4-6-9-14/h4-6,8-9,15H,11-13H2,1-3H3,(H,20,22)/t15-/m0/s1. The van der Waals surface area contributed by atoms with Gasteiger partial charge >= 0.3 is 12.1 Å². The third-order valence-corrected chi connectivity index (χ3v) is 4.21. The molecule has 0 aromatic heterocycles. The summed E-state index contributed by atoms with van der Waals surface area (Å²) in [7, 11) is 0. The van der Waals surface area contributed by atoms with E-state index in [0.717, 1.165) is 11.3 Å². The van der Waals surface area contributed by atoms with Gasteiger partial charge in [-0.1, -0.05) is 36.3 Å². The monoisotopic (exact) mass is 475 g/mol. The normalized spacial score (nSPS) is 11.7. The van der Waals surface area contributed by atoms with Crippen molar-refractivity contribution in [2.75, 3.05) is 12.4 Å². The van der Waals surface area contributed by atoms with E-state index >= 15 is 0 Å². The van der Waals surface area contributed by atoms with E-state index in [1.54, 1.807) is 20.8 Å². The molecule has 1 aromatic rings. The lowest BCUT2D eigenvalue weighted by atomic mass is 10.2. The van der Waals surface area contributed by atoms with Crippen LogP contribution in [-0.4, -0.2) is 36.1 Å². The summed E-state index contributed by atoms with van der Waals surface area (Å²) in [5.74, 6) is 3.24. The van der Waals surface area contributed by atoms with Crippen molar-refractivity contribution in [1.29, 1.82) is 0 Å². The van der Waals surface area contributed by atoms with Crippen molar-refractivity contribution in [3.05, 3.63) is 35.9 Å². The van der Waals surface area contributed by atoms with Crippen LogP contribution in [0, 0.1) is 9.85 Å². The molecule has 0 fully saturated rings. The first-order valence-electron chi connectivity index (χ1n) is 7.68. The van der Waals surface area contributed by atoms with Crippen LogP contribution in [0.15, 0.2) is 30.3 Å². The smallest absolute Gasteiger partial charge is 0.408 e. The van der Waals surface area contributed by atoms with E-state index in [-0.39, 0.29) is 6.61 Å². The zero-order valence-electron chi connectivity index (χ0n) is 14.5. The van der Waals surface area contributed by atoms with Gasteiger partial charge in [0.25, 0.3) is 0 Å². The Labute approximate surface area is 166 Å². The van der Waals surface area contributed by atoms with E-state index < -0.39 is 23.7 Å². The van der Waals surface area contributed by atoms with E-state index in [2.05, 4.69) is 15.2 Å². The molecule has 0 radical (unpaired) electrons. The maximum atomic E-state index is 12.2. The minimum atomic E-state index is -0.792. The predicted octanol–water partition coefficient (Wildman–Crippen LogP) is 3.75. The van der Waals surface area contributed by atoms with Crippen LogP contribution in [0.5, 0.6) is 0 Å². The van der Waals surface area contributed by atoms with E-state index in [1.807, 2.05) is 52.9 Å². The lowest BCUT2D eigenvalue weighted by molar-refractivity contribution is -0.144. The van der Waals surface area contributed by atoms with E-state index in [0.29, 0.717) is 5.75 Å². The summed E-state index contributed by atoms with van der Waals surface area (Å²) < 4.78 is 12.9. The molecular weight excluding hydrogens is 453 g/mol. The summed E-state index contributed by atoms with van der Waals surface area (Å²) in [5, 5.41) is 2.58. The average molecular weight is 475 g/mol. The summed E-state index contributed by atoms with van der Waals surface area (Å²) in [5.41, 5.74) is 0.509. The molecule has 0 saturated heterocycles. The molecule has 25 heavy (non-hydrogen) atoms. The first kappa shape index (κ1) is 21.6. The number of halogens is 1. The van der Waals surface area contributed by atoms with Gasteiger partial charge in [0.15, 0.2) is 6.61 Å². The van der Waals surface area contributed by atoms with Crippen molar-refractivity contribution in [3.63, 3.8) is 0 Å². The van der Waals surface area contributed by atoms with Gasteiger partial charge in [0, 0.05) is 34.1 Å². The molecule has 5 nitrogen and oxygen atoms in total. The highest BCUT2D eigenvalue weighted by Crippen LogP contribution is 2.14. The van der Waals surface area contributed by atoms with Crippen molar-refractivity contribution in [2.24, 2.45) is 0 Å². The van der Waals surface area contributed by atoms with Crippen LogP contribution in [0.3, 0.4) is 0 Å². The largest absolute Gasteiger partial charge is 0.451 e. The second-order valence-electron chi connectivity index (χ2n) is 6.08. The quantitative estimate of drug-likeness (QED) is 0.370. The van der Waals surface area contributed by atoms with Crippen molar-refractivity contribution in [3.8, 4) is 9.85 Å². The van der Waals surface area contributed by atoms with Gasteiger partial charge in [-0.05, 0) is 30.3 Å². The van der Waals surface area contributed by atoms with E-state index in [4.69, 9.17) is 9.47 Å². The summed E-state index contributed by atoms with van der Waals surface area (Å²) in [6.07, 6.45) is -0.644. The number of carbonyl (C=O) groups excluding carboxylic acids is 2. The minimum absolute atomic E-state index is 0.00236. The zero-order chi connectivity index (χ0) is 18.7. The molecule has 0 aliphatic carbocycles. The molecule has 136 valence electrons. The van der Waals surface area contributed by atoms with Crippen LogP contribution in [0.4, 0.5) is 4.79 Å². The molecule has 0 bridgehead atoms. The first-order valence-corrected chi connectivity index (χ1v) is 9.91. The fourth-order valence-electron chi connectivity index (χ4n) is 1.72. The molecule has 0 spiro atoms. The Kier molecular flexibility index (Phi) is 9.75. The Morgan fingerprint density at radius 3 is 2.56 bits per heavy atom. The number of carbonyl (C=O) groups is 2. The highest BCUT2D eigenvalue weighted by Gasteiger charge is 2.25. The van der Waals surface area contributed by atoms with Crippen LogP contribution in [0.2, 0.25) is 0 Å². The van der Waals surface area contributed by atoms with Crippen molar-refractivity contribution in [2.45, 2.75) is 38.2 Å². The Morgan fingerprint density at radius 1 is 1.28 bits per heavy atom. The zero-order valence-corrected chi connectivity index (χ0v) is 17.5. The summed E-state index contributed by atoms with van der Waals surface area (Å²) in [6, 6.07) is 9.11. The molecule has 1 aromatic carbocycles. The van der Waals surface area contributed by atoms with Crippen LogP contribution in [-0.2, 0) is 20.0 Å². The van der Waals surface area contributed by atoms with Gasteiger partial charge in [-0.2, -0.15) is 11.8 Å². The maximum absolute atomic E-state index is 12.2.